The van der Waals surface area contributed by atoms with Crippen molar-refractivity contribution < 1.29 is 4.79 Å². The van der Waals surface area contributed by atoms with Crippen LogP contribution in [0.5, 0.6) is 0 Å². The maximum Gasteiger partial charge on any atom is 0.226 e. The number of carbonyl (C=O) groups is 1. The van der Waals surface area contributed by atoms with Crippen LogP contribution >= 0.6 is 12.4 Å². The normalized spacial score (nSPS) is 15.7. The first-order valence-electron chi connectivity index (χ1n) is 4.82. The van der Waals surface area contributed by atoms with Crippen molar-refractivity contribution in [1.82, 2.24) is 10.2 Å². The zero-order valence-electron chi connectivity index (χ0n) is 8.88. The molecular formula is C10H19ClN2O. The van der Waals surface area contributed by atoms with E-state index < -0.39 is 0 Å². The summed E-state index contributed by atoms with van der Waals surface area (Å²) in [6, 6.07) is 0. The smallest absolute Gasteiger partial charge is 0.226 e. The highest BCUT2D eigenvalue weighted by Crippen LogP contribution is 2.00. The van der Waals surface area contributed by atoms with E-state index in [9.17, 15) is 4.79 Å². The molecule has 0 saturated carbocycles. The van der Waals surface area contributed by atoms with Gasteiger partial charge < -0.3 is 10.2 Å². The molecule has 1 aliphatic rings. The van der Waals surface area contributed by atoms with Gasteiger partial charge in [-0.2, -0.15) is 0 Å². The summed E-state index contributed by atoms with van der Waals surface area (Å²) in [6.07, 6.45) is 2.55. The Morgan fingerprint density at radius 3 is 2.43 bits per heavy atom. The number of carbonyl (C=O) groups excluding carboxylic acids is 1. The van der Waals surface area contributed by atoms with E-state index in [1.807, 2.05) is 24.8 Å². The molecule has 0 aromatic rings. The summed E-state index contributed by atoms with van der Waals surface area (Å²) in [6.45, 7) is 7.61. The summed E-state index contributed by atoms with van der Waals surface area (Å²) >= 11 is 0. The first-order chi connectivity index (χ1) is 6.20. The topological polar surface area (TPSA) is 32.3 Å². The van der Waals surface area contributed by atoms with Crippen molar-refractivity contribution in [3.8, 4) is 0 Å². The minimum atomic E-state index is 0. The van der Waals surface area contributed by atoms with Gasteiger partial charge in [0.05, 0.1) is 0 Å². The molecule has 0 radical (unpaired) electrons. The molecular weight excluding hydrogens is 200 g/mol. The summed E-state index contributed by atoms with van der Waals surface area (Å²) in [4.78, 5) is 13.5. The van der Waals surface area contributed by atoms with Crippen LogP contribution in [0.1, 0.15) is 20.3 Å². The standard InChI is InChI=1S/C10H18N2O.ClH/c1-9(2)3-4-10(13)12-7-5-11-6-8-12;/h3,11H,4-8H2,1-2H3;1H. The van der Waals surface area contributed by atoms with Gasteiger partial charge in [-0.1, -0.05) is 11.6 Å². The van der Waals surface area contributed by atoms with Crippen LogP contribution in [0.3, 0.4) is 0 Å². The summed E-state index contributed by atoms with van der Waals surface area (Å²) in [5.74, 6) is 0.253. The van der Waals surface area contributed by atoms with E-state index in [1.54, 1.807) is 0 Å². The monoisotopic (exact) mass is 218 g/mol. The van der Waals surface area contributed by atoms with Crippen LogP contribution in [0, 0.1) is 0 Å². The van der Waals surface area contributed by atoms with E-state index in [4.69, 9.17) is 0 Å². The van der Waals surface area contributed by atoms with Gasteiger partial charge in [-0.3, -0.25) is 4.79 Å². The van der Waals surface area contributed by atoms with Crippen molar-refractivity contribution in [2.24, 2.45) is 0 Å². The molecule has 4 heteroatoms. The Hall–Kier alpha value is -0.540. The fraction of sp³-hybridized carbons (Fsp3) is 0.700. The number of hydrogen-bond acceptors (Lipinski definition) is 2. The van der Waals surface area contributed by atoms with Crippen molar-refractivity contribution in [3.05, 3.63) is 11.6 Å². The largest absolute Gasteiger partial charge is 0.340 e. The van der Waals surface area contributed by atoms with Gasteiger partial charge in [-0.15, -0.1) is 12.4 Å². The highest BCUT2D eigenvalue weighted by atomic mass is 35.5. The molecule has 0 unspecified atom stereocenters. The summed E-state index contributed by atoms with van der Waals surface area (Å²) in [5.41, 5.74) is 1.21. The molecule has 14 heavy (non-hydrogen) atoms. The Morgan fingerprint density at radius 2 is 1.93 bits per heavy atom. The SMILES string of the molecule is CC(C)=CCC(=O)N1CCNCC1.Cl. The molecule has 1 heterocycles. The number of amides is 1. The molecule has 3 nitrogen and oxygen atoms in total. The molecule has 0 atom stereocenters. The Labute approximate surface area is 92.0 Å². The second-order valence-electron chi connectivity index (χ2n) is 3.62. The van der Waals surface area contributed by atoms with E-state index >= 15 is 0 Å². The second-order valence-corrected chi connectivity index (χ2v) is 3.62. The lowest BCUT2D eigenvalue weighted by Crippen LogP contribution is -2.46. The maximum atomic E-state index is 11.6. The molecule has 1 amide bonds. The molecule has 0 aromatic carbocycles. The zero-order valence-corrected chi connectivity index (χ0v) is 9.69. The van der Waals surface area contributed by atoms with Crippen LogP contribution in [-0.4, -0.2) is 37.0 Å². The van der Waals surface area contributed by atoms with Crippen LogP contribution < -0.4 is 5.32 Å². The second kappa shape index (κ2) is 6.85. The molecule has 1 fully saturated rings. The highest BCUT2D eigenvalue weighted by Gasteiger charge is 2.14. The number of halogens is 1. The highest BCUT2D eigenvalue weighted by molar-refractivity contribution is 5.85. The van der Waals surface area contributed by atoms with E-state index in [1.165, 1.54) is 5.57 Å². The first kappa shape index (κ1) is 13.5. The van der Waals surface area contributed by atoms with Crippen LogP contribution in [-0.2, 0) is 4.79 Å². The minimum absolute atomic E-state index is 0. The molecule has 1 N–H and O–H groups in total. The number of nitrogens with one attached hydrogen (secondary N) is 1. The minimum Gasteiger partial charge on any atom is -0.340 e. The fourth-order valence-corrected chi connectivity index (χ4v) is 1.33. The van der Waals surface area contributed by atoms with E-state index in [0.29, 0.717) is 6.42 Å². The molecule has 0 spiro atoms. The van der Waals surface area contributed by atoms with E-state index in [0.717, 1.165) is 26.2 Å². The van der Waals surface area contributed by atoms with Gasteiger partial charge in [0.25, 0.3) is 0 Å². The number of rotatable bonds is 2. The fourth-order valence-electron chi connectivity index (χ4n) is 1.33. The predicted molar refractivity (Wildman–Crippen MR) is 60.7 cm³/mol. The average Bonchev–Trinajstić information content (AvgIpc) is 2.15. The quantitative estimate of drug-likeness (QED) is 0.707. The van der Waals surface area contributed by atoms with Gasteiger partial charge in [0.15, 0.2) is 0 Å². The predicted octanol–water partition coefficient (Wildman–Crippen LogP) is 1.20. The summed E-state index contributed by atoms with van der Waals surface area (Å²) in [7, 11) is 0. The summed E-state index contributed by atoms with van der Waals surface area (Å²) in [5, 5.41) is 3.23. The molecule has 0 bridgehead atoms. The van der Waals surface area contributed by atoms with Crippen molar-refractivity contribution in [2.75, 3.05) is 26.2 Å². The van der Waals surface area contributed by atoms with Gasteiger partial charge >= 0.3 is 0 Å². The van der Waals surface area contributed by atoms with E-state index in [2.05, 4.69) is 5.32 Å². The third-order valence-corrected chi connectivity index (χ3v) is 2.15. The molecule has 0 aromatic heterocycles. The maximum absolute atomic E-state index is 11.6. The lowest BCUT2D eigenvalue weighted by molar-refractivity contribution is -0.130. The molecule has 1 aliphatic heterocycles. The Kier molecular flexibility index (Phi) is 6.58. The first-order valence-corrected chi connectivity index (χ1v) is 4.82. The van der Waals surface area contributed by atoms with Crippen molar-refractivity contribution >= 4 is 18.3 Å². The number of piperazine rings is 1. The Morgan fingerprint density at radius 1 is 1.36 bits per heavy atom. The van der Waals surface area contributed by atoms with Crippen LogP contribution in [0.25, 0.3) is 0 Å². The van der Waals surface area contributed by atoms with Gasteiger partial charge in [0.1, 0.15) is 0 Å². The molecule has 0 aliphatic carbocycles. The lowest BCUT2D eigenvalue weighted by atomic mass is 10.2. The molecule has 1 saturated heterocycles. The van der Waals surface area contributed by atoms with Gasteiger partial charge in [-0.25, -0.2) is 0 Å². The average molecular weight is 219 g/mol. The van der Waals surface area contributed by atoms with Crippen LogP contribution in [0.15, 0.2) is 11.6 Å². The Balaban J connectivity index is 0.00000169. The molecule has 82 valence electrons. The van der Waals surface area contributed by atoms with Gasteiger partial charge in [-0.05, 0) is 13.8 Å². The van der Waals surface area contributed by atoms with Gasteiger partial charge in [0, 0.05) is 32.6 Å². The lowest BCUT2D eigenvalue weighted by Gasteiger charge is -2.27. The van der Waals surface area contributed by atoms with Crippen molar-refractivity contribution in [3.63, 3.8) is 0 Å². The number of allylic oxidation sites excluding steroid dienone is 1. The number of hydrogen-bond donors (Lipinski definition) is 1. The van der Waals surface area contributed by atoms with Gasteiger partial charge in [0.2, 0.25) is 5.91 Å². The number of nitrogens with zero attached hydrogens (tertiary/aromatic N) is 1. The van der Waals surface area contributed by atoms with Crippen LogP contribution in [0.4, 0.5) is 0 Å². The third-order valence-electron chi connectivity index (χ3n) is 2.15. The zero-order chi connectivity index (χ0) is 9.68. The van der Waals surface area contributed by atoms with Crippen LogP contribution in [0.2, 0.25) is 0 Å². The van der Waals surface area contributed by atoms with E-state index in [-0.39, 0.29) is 18.3 Å². The Bertz CT molecular complexity index is 206. The van der Waals surface area contributed by atoms with Crippen molar-refractivity contribution in [2.45, 2.75) is 20.3 Å². The third kappa shape index (κ3) is 4.63. The van der Waals surface area contributed by atoms with Crippen molar-refractivity contribution in [1.29, 1.82) is 0 Å². The summed E-state index contributed by atoms with van der Waals surface area (Å²) < 4.78 is 0. The molecule has 1 rings (SSSR count).